The van der Waals surface area contributed by atoms with Gasteiger partial charge in [0, 0.05) is 5.38 Å². The van der Waals surface area contributed by atoms with Crippen LogP contribution >= 0.6 is 34.5 Å². The summed E-state index contributed by atoms with van der Waals surface area (Å²) in [5.41, 5.74) is 2.87. The van der Waals surface area contributed by atoms with Gasteiger partial charge in [0.1, 0.15) is 0 Å². The molecule has 0 saturated carbocycles. The number of nitrogens with one attached hydrogen (secondary N) is 1. The average Bonchev–Trinajstić information content (AvgIpc) is 2.85. The monoisotopic (exact) mass is 320 g/mol. The first-order valence-corrected chi connectivity index (χ1v) is 7.56. The first kappa shape index (κ1) is 13.4. The Balaban J connectivity index is 2.22. The van der Waals surface area contributed by atoms with Gasteiger partial charge in [0.2, 0.25) is 0 Å². The Morgan fingerprint density at radius 1 is 0.950 bits per heavy atom. The maximum Gasteiger partial charge on any atom is 0.187 e. The minimum absolute atomic E-state index is 0.447. The highest BCUT2D eigenvalue weighted by molar-refractivity contribution is 7.07. The first-order chi connectivity index (χ1) is 9.66. The zero-order valence-electron chi connectivity index (χ0n) is 10.3. The summed E-state index contributed by atoms with van der Waals surface area (Å²) in [7, 11) is 0. The predicted molar refractivity (Wildman–Crippen MR) is 85.0 cm³/mol. The van der Waals surface area contributed by atoms with Crippen molar-refractivity contribution in [1.29, 1.82) is 5.41 Å². The largest absolute Gasteiger partial charge is 0.285 e. The second kappa shape index (κ2) is 5.44. The van der Waals surface area contributed by atoms with Gasteiger partial charge in [0.05, 0.1) is 21.4 Å². The van der Waals surface area contributed by atoms with E-state index >= 15 is 0 Å². The van der Waals surface area contributed by atoms with Crippen LogP contribution in [-0.2, 0) is 0 Å². The average molecular weight is 321 g/mol. The van der Waals surface area contributed by atoms with Crippen molar-refractivity contribution < 1.29 is 0 Å². The van der Waals surface area contributed by atoms with Crippen molar-refractivity contribution in [1.82, 2.24) is 4.57 Å². The lowest BCUT2D eigenvalue weighted by molar-refractivity contribution is 0.987. The number of benzene rings is 2. The maximum absolute atomic E-state index is 8.11. The molecule has 0 amide bonds. The summed E-state index contributed by atoms with van der Waals surface area (Å²) in [6.07, 6.45) is 0. The van der Waals surface area contributed by atoms with Crippen molar-refractivity contribution in [2.45, 2.75) is 0 Å². The number of hydrogen-bond donors (Lipinski definition) is 1. The number of halogens is 2. The third-order valence-electron chi connectivity index (χ3n) is 2.96. The molecule has 0 aliphatic heterocycles. The van der Waals surface area contributed by atoms with Gasteiger partial charge in [-0.3, -0.25) is 9.98 Å². The molecule has 0 aliphatic rings. The molecule has 1 aromatic heterocycles. The predicted octanol–water partition coefficient (Wildman–Crippen LogP) is 4.99. The van der Waals surface area contributed by atoms with Gasteiger partial charge in [-0.2, -0.15) is 0 Å². The van der Waals surface area contributed by atoms with Crippen molar-refractivity contribution in [3.05, 3.63) is 68.8 Å². The molecule has 3 aromatic rings. The third kappa shape index (κ3) is 2.40. The SMILES string of the molecule is N=c1scc(-c2ccccc2)n1-c1ccc(Cl)c(Cl)c1. The fourth-order valence-electron chi connectivity index (χ4n) is 2.01. The van der Waals surface area contributed by atoms with Crippen LogP contribution in [0.3, 0.4) is 0 Å². The van der Waals surface area contributed by atoms with E-state index in [-0.39, 0.29) is 0 Å². The number of nitrogens with zero attached hydrogens (tertiary/aromatic N) is 1. The molecular weight excluding hydrogens is 311 g/mol. The Kier molecular flexibility index (Phi) is 3.66. The highest BCUT2D eigenvalue weighted by Crippen LogP contribution is 2.27. The zero-order chi connectivity index (χ0) is 14.1. The molecule has 5 heteroatoms. The van der Waals surface area contributed by atoms with Gasteiger partial charge in [-0.25, -0.2) is 0 Å². The second-order valence-corrected chi connectivity index (χ2v) is 5.90. The Morgan fingerprint density at radius 2 is 1.70 bits per heavy atom. The van der Waals surface area contributed by atoms with Gasteiger partial charge in [0.25, 0.3) is 0 Å². The van der Waals surface area contributed by atoms with Crippen LogP contribution < -0.4 is 4.80 Å². The van der Waals surface area contributed by atoms with Crippen LogP contribution in [0.1, 0.15) is 0 Å². The number of aromatic nitrogens is 1. The fourth-order valence-corrected chi connectivity index (χ4v) is 3.08. The van der Waals surface area contributed by atoms with Crippen LogP contribution in [0.4, 0.5) is 0 Å². The quantitative estimate of drug-likeness (QED) is 0.689. The van der Waals surface area contributed by atoms with Gasteiger partial charge in [-0.05, 0) is 23.8 Å². The molecular formula is C15H10Cl2N2S. The number of rotatable bonds is 2. The summed E-state index contributed by atoms with van der Waals surface area (Å²) in [5.74, 6) is 0. The maximum atomic E-state index is 8.11. The smallest absolute Gasteiger partial charge is 0.187 e. The number of thiazole rings is 1. The first-order valence-electron chi connectivity index (χ1n) is 5.93. The van der Waals surface area contributed by atoms with Crippen LogP contribution in [-0.4, -0.2) is 4.57 Å². The van der Waals surface area contributed by atoms with Crippen LogP contribution in [0.5, 0.6) is 0 Å². The molecule has 0 radical (unpaired) electrons. The van der Waals surface area contributed by atoms with Gasteiger partial charge >= 0.3 is 0 Å². The van der Waals surface area contributed by atoms with E-state index in [0.29, 0.717) is 14.8 Å². The zero-order valence-corrected chi connectivity index (χ0v) is 12.6. The normalized spacial score (nSPS) is 10.7. The summed E-state index contributed by atoms with van der Waals surface area (Å²) in [6.45, 7) is 0. The van der Waals surface area contributed by atoms with Gasteiger partial charge < -0.3 is 0 Å². The molecule has 2 aromatic carbocycles. The Morgan fingerprint density at radius 3 is 2.40 bits per heavy atom. The molecule has 20 heavy (non-hydrogen) atoms. The van der Waals surface area contributed by atoms with E-state index in [1.54, 1.807) is 12.1 Å². The molecule has 1 heterocycles. The lowest BCUT2D eigenvalue weighted by Crippen LogP contribution is -2.12. The molecule has 100 valence electrons. The van der Waals surface area contributed by atoms with E-state index in [4.69, 9.17) is 28.6 Å². The van der Waals surface area contributed by atoms with Crippen LogP contribution in [0, 0.1) is 5.41 Å². The molecule has 0 fully saturated rings. The lowest BCUT2D eigenvalue weighted by Gasteiger charge is -2.09. The second-order valence-electron chi connectivity index (χ2n) is 4.23. The minimum atomic E-state index is 0.447. The van der Waals surface area contributed by atoms with Gasteiger partial charge in [-0.1, -0.05) is 53.5 Å². The van der Waals surface area contributed by atoms with Crippen LogP contribution in [0.15, 0.2) is 53.9 Å². The Hall–Kier alpha value is -1.55. The highest BCUT2D eigenvalue weighted by Gasteiger charge is 2.10. The van der Waals surface area contributed by atoms with Crippen LogP contribution in [0.2, 0.25) is 10.0 Å². The summed E-state index contributed by atoms with van der Waals surface area (Å²) in [4.78, 5) is 0.447. The van der Waals surface area contributed by atoms with Gasteiger partial charge in [0.15, 0.2) is 4.80 Å². The Labute approximate surface area is 130 Å². The van der Waals surface area contributed by atoms with E-state index in [0.717, 1.165) is 16.9 Å². The molecule has 0 unspecified atom stereocenters. The van der Waals surface area contributed by atoms with Crippen molar-refractivity contribution in [2.75, 3.05) is 0 Å². The molecule has 2 nitrogen and oxygen atoms in total. The van der Waals surface area contributed by atoms with Crippen molar-refractivity contribution >= 4 is 34.5 Å². The molecule has 0 spiro atoms. The van der Waals surface area contributed by atoms with Crippen molar-refractivity contribution in [2.24, 2.45) is 0 Å². The van der Waals surface area contributed by atoms with E-state index in [1.807, 2.05) is 46.3 Å². The van der Waals surface area contributed by atoms with Crippen molar-refractivity contribution in [3.8, 4) is 16.9 Å². The van der Waals surface area contributed by atoms with E-state index in [9.17, 15) is 0 Å². The molecule has 0 atom stereocenters. The summed E-state index contributed by atoms with van der Waals surface area (Å²) in [5, 5.41) is 11.1. The van der Waals surface area contributed by atoms with E-state index in [1.165, 1.54) is 11.3 Å². The standard InChI is InChI=1S/C15H10Cl2N2S/c16-12-7-6-11(8-13(12)17)19-14(9-20-15(19)18)10-4-2-1-3-5-10/h1-9,18H. The molecule has 3 rings (SSSR count). The van der Waals surface area contributed by atoms with E-state index < -0.39 is 0 Å². The highest BCUT2D eigenvalue weighted by atomic mass is 35.5. The molecule has 0 aliphatic carbocycles. The molecule has 1 N–H and O–H groups in total. The van der Waals surface area contributed by atoms with Gasteiger partial charge in [-0.15, -0.1) is 11.3 Å². The minimum Gasteiger partial charge on any atom is -0.285 e. The Bertz CT molecular complexity index is 806. The summed E-state index contributed by atoms with van der Waals surface area (Å²) >= 11 is 13.4. The number of hydrogen-bond acceptors (Lipinski definition) is 2. The molecule has 0 saturated heterocycles. The summed E-state index contributed by atoms with van der Waals surface area (Å²) < 4.78 is 1.86. The topological polar surface area (TPSA) is 28.8 Å². The van der Waals surface area contributed by atoms with E-state index in [2.05, 4.69) is 0 Å². The molecule has 0 bridgehead atoms. The van der Waals surface area contributed by atoms with Crippen molar-refractivity contribution in [3.63, 3.8) is 0 Å². The lowest BCUT2D eigenvalue weighted by atomic mass is 10.1. The fraction of sp³-hybridized carbons (Fsp3) is 0. The van der Waals surface area contributed by atoms with Crippen LogP contribution in [0.25, 0.3) is 16.9 Å². The summed E-state index contributed by atoms with van der Waals surface area (Å²) in [6, 6.07) is 15.4. The third-order valence-corrected chi connectivity index (χ3v) is 4.44.